The van der Waals surface area contributed by atoms with Crippen molar-refractivity contribution in [2.75, 3.05) is 0 Å². The molecule has 1 heteroatoms. The zero-order chi connectivity index (χ0) is 14.1. The van der Waals surface area contributed by atoms with Gasteiger partial charge in [-0.1, -0.05) is 0 Å². The van der Waals surface area contributed by atoms with Gasteiger partial charge in [-0.25, -0.2) is 48.5 Å². The van der Waals surface area contributed by atoms with E-state index in [9.17, 15) is 0 Å². The van der Waals surface area contributed by atoms with E-state index < -0.39 is 0 Å². The summed E-state index contributed by atoms with van der Waals surface area (Å²) in [4.78, 5) is 0. The molecule has 0 bridgehead atoms. The molecule has 21 heavy (non-hydrogen) atoms. The minimum absolute atomic E-state index is 0. The summed E-state index contributed by atoms with van der Waals surface area (Å²) in [7, 11) is 0. The topological polar surface area (TPSA) is 0 Å². The number of hydrogen-bond acceptors (Lipinski definition) is 0. The second-order valence-electron chi connectivity index (χ2n) is 3.85. The summed E-state index contributed by atoms with van der Waals surface area (Å²) < 4.78 is 0. The summed E-state index contributed by atoms with van der Waals surface area (Å²) >= 11 is 0. The van der Waals surface area contributed by atoms with Crippen LogP contribution in [0.4, 0.5) is 0 Å². The number of hydrogen-bond donors (Lipinski definition) is 0. The Hall–Kier alpha value is -1.86. The van der Waals surface area contributed by atoms with Gasteiger partial charge in [0.15, 0.2) is 0 Å². The SMILES string of the molecule is [Ta].c1cc[cH-]c1.c1cc[cH-]c1.c1cc[cH-]c1.c1cc[cH-]c1. The van der Waals surface area contributed by atoms with Gasteiger partial charge in [-0.15, -0.1) is 0 Å². The van der Waals surface area contributed by atoms with E-state index in [1.165, 1.54) is 0 Å². The Morgan fingerprint density at radius 3 is 0.476 bits per heavy atom. The standard InChI is InChI=1S/4C5H5.Ta/c4*1-2-4-5-3-1;/h4*1-5H;/q4*-1;. The van der Waals surface area contributed by atoms with Crippen LogP contribution in [0.3, 0.4) is 0 Å². The molecular weight excluding hydrogens is 421 g/mol. The third-order valence-corrected chi connectivity index (χ3v) is 2.22. The van der Waals surface area contributed by atoms with Crippen molar-refractivity contribution in [2.24, 2.45) is 0 Å². The van der Waals surface area contributed by atoms with Gasteiger partial charge in [0, 0.05) is 22.4 Å². The molecule has 0 aliphatic carbocycles. The fourth-order valence-electron chi connectivity index (χ4n) is 1.28. The second-order valence-corrected chi connectivity index (χ2v) is 3.85. The summed E-state index contributed by atoms with van der Waals surface area (Å²) in [6, 6.07) is 40.0. The molecule has 0 unspecified atom stereocenters. The summed E-state index contributed by atoms with van der Waals surface area (Å²) in [6.07, 6.45) is 0. The predicted molar refractivity (Wildman–Crippen MR) is 88.1 cm³/mol. The average molecular weight is 441 g/mol. The van der Waals surface area contributed by atoms with Crippen LogP contribution in [0.5, 0.6) is 0 Å². The molecule has 4 aromatic rings. The molecule has 0 aliphatic heterocycles. The maximum Gasteiger partial charge on any atom is 0 e. The summed E-state index contributed by atoms with van der Waals surface area (Å²) in [5, 5.41) is 0. The molecule has 109 valence electrons. The van der Waals surface area contributed by atoms with Crippen molar-refractivity contribution >= 4 is 0 Å². The molecule has 0 N–H and O–H groups in total. The van der Waals surface area contributed by atoms with Gasteiger partial charge in [-0.2, -0.15) is 72.8 Å². The first-order valence-electron chi connectivity index (χ1n) is 6.67. The van der Waals surface area contributed by atoms with Crippen LogP contribution >= 0.6 is 0 Å². The van der Waals surface area contributed by atoms with Crippen LogP contribution in [0.1, 0.15) is 0 Å². The summed E-state index contributed by atoms with van der Waals surface area (Å²) in [6.45, 7) is 0. The van der Waals surface area contributed by atoms with Crippen molar-refractivity contribution < 1.29 is 22.4 Å². The zero-order valence-corrected chi connectivity index (χ0v) is 15.2. The van der Waals surface area contributed by atoms with Crippen molar-refractivity contribution in [1.82, 2.24) is 0 Å². The van der Waals surface area contributed by atoms with Crippen LogP contribution < -0.4 is 0 Å². The van der Waals surface area contributed by atoms with Crippen molar-refractivity contribution in [3.8, 4) is 0 Å². The van der Waals surface area contributed by atoms with E-state index in [4.69, 9.17) is 0 Å². The summed E-state index contributed by atoms with van der Waals surface area (Å²) in [5.41, 5.74) is 0. The fraction of sp³-hybridized carbons (Fsp3) is 0. The van der Waals surface area contributed by atoms with Crippen LogP contribution in [-0.4, -0.2) is 0 Å². The Balaban J connectivity index is 0.000000250. The predicted octanol–water partition coefficient (Wildman–Crippen LogP) is 5.62. The monoisotopic (exact) mass is 441 g/mol. The molecule has 1 radical (unpaired) electrons. The maximum atomic E-state index is 2.00. The first kappa shape index (κ1) is 19.1. The molecule has 0 atom stereocenters. The van der Waals surface area contributed by atoms with Gasteiger partial charge in [0.05, 0.1) is 0 Å². The summed E-state index contributed by atoms with van der Waals surface area (Å²) in [5.74, 6) is 0. The molecule has 0 saturated carbocycles. The van der Waals surface area contributed by atoms with Gasteiger partial charge in [0.2, 0.25) is 0 Å². The third-order valence-electron chi connectivity index (χ3n) is 2.22. The van der Waals surface area contributed by atoms with Crippen molar-refractivity contribution in [1.29, 1.82) is 0 Å². The second kappa shape index (κ2) is 16.2. The molecule has 0 nitrogen and oxygen atoms in total. The number of rotatable bonds is 0. The van der Waals surface area contributed by atoms with E-state index >= 15 is 0 Å². The van der Waals surface area contributed by atoms with Crippen molar-refractivity contribution in [3.63, 3.8) is 0 Å². The normalized spacial score (nSPS) is 7.62. The van der Waals surface area contributed by atoms with Gasteiger partial charge in [0.25, 0.3) is 0 Å². The Kier molecular flexibility index (Phi) is 14.8. The minimum atomic E-state index is 0. The Morgan fingerprint density at radius 1 is 0.286 bits per heavy atom. The Labute approximate surface area is 143 Å². The smallest absolute Gasteiger partial charge is 0 e. The van der Waals surface area contributed by atoms with Crippen LogP contribution in [0.25, 0.3) is 0 Å². The average Bonchev–Trinajstić information content (AvgIpc) is 3.40. The van der Waals surface area contributed by atoms with Gasteiger partial charge in [-0.3, -0.25) is 0 Å². The molecule has 0 saturated heterocycles. The Morgan fingerprint density at radius 2 is 0.429 bits per heavy atom. The van der Waals surface area contributed by atoms with Gasteiger partial charge in [-0.05, 0) is 0 Å². The van der Waals surface area contributed by atoms with Gasteiger partial charge in [0.1, 0.15) is 0 Å². The van der Waals surface area contributed by atoms with Crippen LogP contribution in [-0.2, 0) is 22.4 Å². The third kappa shape index (κ3) is 14.4. The van der Waals surface area contributed by atoms with Crippen molar-refractivity contribution in [2.45, 2.75) is 0 Å². The van der Waals surface area contributed by atoms with E-state index in [1.54, 1.807) is 0 Å². The quantitative estimate of drug-likeness (QED) is 0.311. The molecule has 4 aromatic carbocycles. The molecule has 0 amide bonds. The molecule has 0 aromatic heterocycles. The Bertz CT molecular complexity index is 337. The van der Waals surface area contributed by atoms with Crippen LogP contribution in [0.15, 0.2) is 121 Å². The van der Waals surface area contributed by atoms with E-state index in [2.05, 4.69) is 0 Å². The minimum Gasteiger partial charge on any atom is -0.214 e. The first-order valence-corrected chi connectivity index (χ1v) is 6.67. The van der Waals surface area contributed by atoms with Crippen LogP contribution in [0, 0.1) is 0 Å². The first-order chi connectivity index (χ1) is 10.0. The van der Waals surface area contributed by atoms with E-state index in [0.717, 1.165) is 0 Å². The molecular formula is C20H20Ta-4. The van der Waals surface area contributed by atoms with Gasteiger partial charge < -0.3 is 0 Å². The van der Waals surface area contributed by atoms with Crippen molar-refractivity contribution in [3.05, 3.63) is 121 Å². The van der Waals surface area contributed by atoms with E-state index in [0.29, 0.717) is 0 Å². The molecule has 0 heterocycles. The van der Waals surface area contributed by atoms with E-state index in [-0.39, 0.29) is 22.4 Å². The van der Waals surface area contributed by atoms with Crippen LogP contribution in [0.2, 0.25) is 0 Å². The molecule has 0 aliphatic rings. The molecule has 4 rings (SSSR count). The van der Waals surface area contributed by atoms with E-state index in [1.807, 2.05) is 121 Å². The maximum absolute atomic E-state index is 2.00. The largest absolute Gasteiger partial charge is 0.214 e. The zero-order valence-electron chi connectivity index (χ0n) is 12.0. The molecule has 0 fully saturated rings. The molecule has 0 spiro atoms. The fourth-order valence-corrected chi connectivity index (χ4v) is 1.28. The van der Waals surface area contributed by atoms with Gasteiger partial charge >= 0.3 is 0 Å².